The molecule has 0 radical (unpaired) electrons. The van der Waals surface area contributed by atoms with Crippen LogP contribution in [0.1, 0.15) is 63.5 Å². The van der Waals surface area contributed by atoms with Crippen molar-refractivity contribution in [3.05, 3.63) is 47.5 Å². The molecule has 5 rings (SSSR count). The highest BCUT2D eigenvalue weighted by atomic mass is 15.1. The van der Waals surface area contributed by atoms with Gasteiger partial charge in [-0.15, -0.1) is 0 Å². The molecular weight excluding hydrogens is 328 g/mol. The molecule has 2 saturated heterocycles. The van der Waals surface area contributed by atoms with E-state index < -0.39 is 0 Å². The lowest BCUT2D eigenvalue weighted by molar-refractivity contribution is 0.576. The predicted molar refractivity (Wildman–Crippen MR) is 116 cm³/mol. The second kappa shape index (κ2) is 6.58. The summed E-state index contributed by atoms with van der Waals surface area (Å²) in [6.45, 7) is 9.68. The van der Waals surface area contributed by atoms with Crippen LogP contribution in [0.3, 0.4) is 0 Å². The molecule has 2 fully saturated rings. The van der Waals surface area contributed by atoms with Crippen molar-refractivity contribution in [1.29, 1.82) is 0 Å². The second-order valence-corrected chi connectivity index (χ2v) is 9.18. The summed E-state index contributed by atoms with van der Waals surface area (Å²) in [6, 6.07) is 14.4. The summed E-state index contributed by atoms with van der Waals surface area (Å²) in [5.74, 6) is 0. The Bertz CT molecular complexity index is 770. The lowest BCUT2D eigenvalue weighted by Gasteiger charge is -2.31. The molecule has 27 heavy (non-hydrogen) atoms. The maximum absolute atomic E-state index is 2.59. The number of fused-ring (bicyclic) bond motifs is 3. The number of hydrogen-bond donors (Lipinski definition) is 0. The Kier molecular flexibility index (Phi) is 4.18. The fourth-order valence-electron chi connectivity index (χ4n) is 5.41. The summed E-state index contributed by atoms with van der Waals surface area (Å²) in [5.41, 5.74) is 8.84. The Hall–Kier alpha value is -1.96. The summed E-state index contributed by atoms with van der Waals surface area (Å²) < 4.78 is 0. The van der Waals surface area contributed by atoms with Gasteiger partial charge in [0, 0.05) is 43.0 Å². The topological polar surface area (TPSA) is 6.48 Å². The van der Waals surface area contributed by atoms with Crippen LogP contribution in [0.2, 0.25) is 0 Å². The van der Waals surface area contributed by atoms with E-state index in [4.69, 9.17) is 0 Å². The van der Waals surface area contributed by atoms with Gasteiger partial charge in [0.1, 0.15) is 0 Å². The molecule has 0 saturated carbocycles. The highest BCUT2D eigenvalue weighted by Gasteiger charge is 2.36. The first-order valence-electron chi connectivity index (χ1n) is 10.9. The third kappa shape index (κ3) is 2.85. The Morgan fingerprint density at radius 3 is 1.41 bits per heavy atom. The monoisotopic (exact) mass is 360 g/mol. The van der Waals surface area contributed by atoms with Gasteiger partial charge in [0.05, 0.1) is 0 Å². The van der Waals surface area contributed by atoms with E-state index in [2.05, 4.69) is 60.0 Å². The third-order valence-corrected chi connectivity index (χ3v) is 7.09. The summed E-state index contributed by atoms with van der Waals surface area (Å²) in [5, 5.41) is 0. The van der Waals surface area contributed by atoms with E-state index in [9.17, 15) is 0 Å². The van der Waals surface area contributed by atoms with Crippen molar-refractivity contribution in [2.75, 3.05) is 36.0 Å². The minimum atomic E-state index is 0.0856. The zero-order chi connectivity index (χ0) is 18.4. The molecule has 2 nitrogen and oxygen atoms in total. The molecule has 0 aromatic heterocycles. The number of nitrogens with zero attached hydrogens (tertiary/aromatic N) is 2. The Labute approximate surface area is 164 Å². The smallest absolute Gasteiger partial charge is 0.0369 e. The number of hydrogen-bond acceptors (Lipinski definition) is 2. The predicted octanol–water partition coefficient (Wildman–Crippen LogP) is 5.97. The van der Waals surface area contributed by atoms with Gasteiger partial charge >= 0.3 is 0 Å². The van der Waals surface area contributed by atoms with Gasteiger partial charge in [0.2, 0.25) is 0 Å². The van der Waals surface area contributed by atoms with Crippen molar-refractivity contribution in [3.63, 3.8) is 0 Å². The van der Waals surface area contributed by atoms with Gasteiger partial charge in [-0.2, -0.15) is 0 Å². The molecule has 2 heterocycles. The lowest BCUT2D eigenvalue weighted by Crippen LogP contribution is -2.30. The quantitative estimate of drug-likeness (QED) is 0.650. The highest BCUT2D eigenvalue weighted by molar-refractivity contribution is 5.84. The standard InChI is InChI=1S/C25H32N2/c1-25(2)23-17-19(26-13-5-3-6-14-26)9-11-21(23)22-12-10-20(18-24(22)25)27-15-7-4-8-16-27/h9-12,17-18H,3-8,13-16H2,1-2H3. The van der Waals surface area contributed by atoms with Crippen LogP contribution in [0.4, 0.5) is 11.4 Å². The molecule has 0 atom stereocenters. The summed E-state index contributed by atoms with van der Waals surface area (Å²) in [7, 11) is 0. The van der Waals surface area contributed by atoms with Crippen LogP contribution in [-0.2, 0) is 5.41 Å². The molecule has 2 heteroatoms. The molecule has 0 bridgehead atoms. The minimum absolute atomic E-state index is 0.0856. The Morgan fingerprint density at radius 2 is 1.00 bits per heavy atom. The zero-order valence-electron chi connectivity index (χ0n) is 16.9. The summed E-state index contributed by atoms with van der Waals surface area (Å²) in [6.07, 6.45) is 8.11. The van der Waals surface area contributed by atoms with E-state index >= 15 is 0 Å². The SMILES string of the molecule is CC1(C)c2cc(N3CCCCC3)ccc2-c2ccc(N3CCCCC3)cc21. The van der Waals surface area contributed by atoms with Gasteiger partial charge in [0.25, 0.3) is 0 Å². The van der Waals surface area contributed by atoms with Crippen LogP contribution in [-0.4, -0.2) is 26.2 Å². The van der Waals surface area contributed by atoms with E-state index in [-0.39, 0.29) is 5.41 Å². The fraction of sp³-hybridized carbons (Fsp3) is 0.520. The van der Waals surface area contributed by atoms with Crippen molar-refractivity contribution in [1.82, 2.24) is 0 Å². The first-order valence-corrected chi connectivity index (χ1v) is 10.9. The molecule has 0 unspecified atom stereocenters. The fourth-order valence-corrected chi connectivity index (χ4v) is 5.41. The van der Waals surface area contributed by atoms with Gasteiger partial charge in [-0.1, -0.05) is 26.0 Å². The average Bonchev–Trinajstić information content (AvgIpc) is 2.96. The molecule has 1 aliphatic carbocycles. The number of benzene rings is 2. The number of anilines is 2. The van der Waals surface area contributed by atoms with E-state index in [1.807, 2.05) is 0 Å². The third-order valence-electron chi connectivity index (χ3n) is 7.09. The molecule has 3 aliphatic rings. The first-order chi connectivity index (χ1) is 13.1. The zero-order valence-corrected chi connectivity index (χ0v) is 16.9. The summed E-state index contributed by atoms with van der Waals surface area (Å²) in [4.78, 5) is 5.17. The minimum Gasteiger partial charge on any atom is -0.372 e. The number of rotatable bonds is 2. The van der Waals surface area contributed by atoms with E-state index in [1.165, 1.54) is 98.3 Å². The lowest BCUT2D eigenvalue weighted by atomic mass is 9.82. The maximum Gasteiger partial charge on any atom is 0.0369 e. The molecule has 2 aromatic rings. The van der Waals surface area contributed by atoms with Crippen LogP contribution in [0.15, 0.2) is 36.4 Å². The first kappa shape index (κ1) is 17.2. The molecule has 0 spiro atoms. The van der Waals surface area contributed by atoms with Crippen molar-refractivity contribution < 1.29 is 0 Å². The van der Waals surface area contributed by atoms with E-state index in [1.54, 1.807) is 0 Å². The molecule has 0 amide bonds. The van der Waals surface area contributed by atoms with Crippen LogP contribution >= 0.6 is 0 Å². The van der Waals surface area contributed by atoms with Crippen molar-refractivity contribution in [2.24, 2.45) is 0 Å². The van der Waals surface area contributed by atoms with E-state index in [0.29, 0.717) is 0 Å². The molecule has 2 aromatic carbocycles. The summed E-state index contributed by atoms with van der Waals surface area (Å²) >= 11 is 0. The van der Waals surface area contributed by atoms with Crippen LogP contribution in [0.25, 0.3) is 11.1 Å². The Morgan fingerprint density at radius 1 is 0.593 bits per heavy atom. The van der Waals surface area contributed by atoms with E-state index in [0.717, 1.165) is 0 Å². The number of piperidine rings is 2. The molecule has 142 valence electrons. The van der Waals surface area contributed by atoms with Crippen LogP contribution in [0.5, 0.6) is 0 Å². The van der Waals surface area contributed by atoms with Gasteiger partial charge < -0.3 is 9.80 Å². The maximum atomic E-state index is 2.59. The van der Waals surface area contributed by atoms with Crippen molar-refractivity contribution in [2.45, 2.75) is 57.8 Å². The van der Waals surface area contributed by atoms with Crippen LogP contribution in [0, 0.1) is 0 Å². The molecule has 0 N–H and O–H groups in total. The van der Waals surface area contributed by atoms with Crippen LogP contribution < -0.4 is 9.80 Å². The van der Waals surface area contributed by atoms with Gasteiger partial charge in [-0.05, 0) is 85.0 Å². The normalized spacial score (nSPS) is 21.1. The van der Waals surface area contributed by atoms with Crippen molar-refractivity contribution in [3.8, 4) is 11.1 Å². The van der Waals surface area contributed by atoms with Crippen molar-refractivity contribution >= 4 is 11.4 Å². The molecule has 2 aliphatic heterocycles. The molecular formula is C25H32N2. The van der Waals surface area contributed by atoms with Gasteiger partial charge in [-0.3, -0.25) is 0 Å². The van der Waals surface area contributed by atoms with Gasteiger partial charge in [-0.25, -0.2) is 0 Å². The Balaban J connectivity index is 1.52. The average molecular weight is 361 g/mol. The highest BCUT2D eigenvalue weighted by Crippen LogP contribution is 2.50. The second-order valence-electron chi connectivity index (χ2n) is 9.18. The largest absolute Gasteiger partial charge is 0.372 e. The van der Waals surface area contributed by atoms with Gasteiger partial charge in [0.15, 0.2) is 0 Å².